The third-order valence-corrected chi connectivity index (χ3v) is 2.40. The van der Waals surface area contributed by atoms with E-state index in [2.05, 4.69) is 10.5 Å². The lowest BCUT2D eigenvalue weighted by Gasteiger charge is -1.93. The summed E-state index contributed by atoms with van der Waals surface area (Å²) in [5, 5.41) is 10.2. The van der Waals surface area contributed by atoms with Gasteiger partial charge in [0.1, 0.15) is 0 Å². The number of fused-ring (bicyclic) bond motifs is 1. The predicted molar refractivity (Wildman–Crippen MR) is 51.9 cm³/mol. The smallest absolute Gasteiger partial charge is 0.0706 e. The van der Waals surface area contributed by atoms with Gasteiger partial charge in [0.05, 0.1) is 17.3 Å². The second kappa shape index (κ2) is 3.38. The van der Waals surface area contributed by atoms with E-state index in [0.29, 0.717) is 11.6 Å². The van der Waals surface area contributed by atoms with Gasteiger partial charge < -0.3 is 10.2 Å². The maximum absolute atomic E-state index is 8.54. The SMILES string of the molecule is ONCc1[nH]c2ccccc2c1Cl. The van der Waals surface area contributed by atoms with Gasteiger partial charge in [0, 0.05) is 10.9 Å². The molecule has 0 bridgehead atoms. The summed E-state index contributed by atoms with van der Waals surface area (Å²) in [7, 11) is 0. The van der Waals surface area contributed by atoms with Crippen LogP contribution < -0.4 is 5.48 Å². The summed E-state index contributed by atoms with van der Waals surface area (Å²) in [5.74, 6) is 0. The molecule has 0 unspecified atom stereocenters. The second-order valence-electron chi connectivity index (χ2n) is 2.80. The van der Waals surface area contributed by atoms with E-state index >= 15 is 0 Å². The molecule has 2 aromatic rings. The molecule has 0 fully saturated rings. The van der Waals surface area contributed by atoms with E-state index in [1.165, 1.54) is 0 Å². The van der Waals surface area contributed by atoms with Gasteiger partial charge in [-0.25, -0.2) is 0 Å². The minimum Gasteiger partial charge on any atom is -0.356 e. The van der Waals surface area contributed by atoms with Crippen LogP contribution in [0, 0.1) is 0 Å². The first-order chi connectivity index (χ1) is 6.33. The van der Waals surface area contributed by atoms with E-state index in [9.17, 15) is 0 Å². The zero-order valence-corrected chi connectivity index (χ0v) is 7.60. The molecular weight excluding hydrogens is 188 g/mol. The molecule has 1 heterocycles. The molecule has 0 saturated heterocycles. The number of hydrogen-bond acceptors (Lipinski definition) is 2. The Morgan fingerprint density at radius 1 is 1.38 bits per heavy atom. The largest absolute Gasteiger partial charge is 0.356 e. The molecule has 0 aliphatic carbocycles. The standard InChI is InChI=1S/C9H9ClN2O/c10-9-6-3-1-2-4-7(6)12-8(9)5-11-13/h1-4,11-13H,5H2. The highest BCUT2D eigenvalue weighted by Gasteiger charge is 2.07. The molecule has 3 N–H and O–H groups in total. The molecule has 13 heavy (non-hydrogen) atoms. The topological polar surface area (TPSA) is 48.0 Å². The lowest BCUT2D eigenvalue weighted by atomic mass is 10.2. The summed E-state index contributed by atoms with van der Waals surface area (Å²) >= 11 is 6.05. The zero-order valence-electron chi connectivity index (χ0n) is 6.84. The Hall–Kier alpha value is -1.03. The summed E-state index contributed by atoms with van der Waals surface area (Å²) in [6, 6.07) is 7.75. The van der Waals surface area contributed by atoms with E-state index in [0.717, 1.165) is 16.6 Å². The van der Waals surface area contributed by atoms with Gasteiger partial charge in [0.25, 0.3) is 0 Å². The highest BCUT2D eigenvalue weighted by Crippen LogP contribution is 2.26. The van der Waals surface area contributed by atoms with Crippen molar-refractivity contribution in [2.45, 2.75) is 6.54 Å². The summed E-state index contributed by atoms with van der Waals surface area (Å²) in [5.41, 5.74) is 3.85. The number of H-pyrrole nitrogens is 1. The first-order valence-corrected chi connectivity index (χ1v) is 4.33. The van der Waals surface area contributed by atoms with Gasteiger partial charge in [0.15, 0.2) is 0 Å². The monoisotopic (exact) mass is 196 g/mol. The molecule has 68 valence electrons. The van der Waals surface area contributed by atoms with Crippen molar-refractivity contribution >= 4 is 22.5 Å². The van der Waals surface area contributed by atoms with E-state index < -0.39 is 0 Å². The van der Waals surface area contributed by atoms with Gasteiger partial charge in [0.2, 0.25) is 0 Å². The average Bonchev–Trinajstić information content (AvgIpc) is 2.46. The number of benzene rings is 1. The predicted octanol–water partition coefficient (Wildman–Crippen LogP) is 2.30. The summed E-state index contributed by atoms with van der Waals surface area (Å²) in [6.45, 7) is 0.327. The third kappa shape index (κ3) is 1.42. The molecule has 0 spiro atoms. The summed E-state index contributed by atoms with van der Waals surface area (Å²) in [6.07, 6.45) is 0. The van der Waals surface area contributed by atoms with Gasteiger partial charge in [-0.05, 0) is 6.07 Å². The number of rotatable bonds is 2. The van der Waals surface area contributed by atoms with Crippen molar-refractivity contribution in [2.75, 3.05) is 0 Å². The Labute approximate surface area is 80.3 Å². The van der Waals surface area contributed by atoms with Gasteiger partial charge in [-0.3, -0.25) is 0 Å². The molecule has 2 rings (SSSR count). The highest BCUT2D eigenvalue weighted by molar-refractivity contribution is 6.36. The van der Waals surface area contributed by atoms with Crippen LogP contribution in [0.25, 0.3) is 10.9 Å². The molecule has 0 aliphatic heterocycles. The number of hydroxylamine groups is 1. The van der Waals surface area contributed by atoms with Gasteiger partial charge in [-0.2, -0.15) is 5.48 Å². The van der Waals surface area contributed by atoms with Crippen LogP contribution in [0.5, 0.6) is 0 Å². The molecule has 0 aliphatic rings. The van der Waals surface area contributed by atoms with Crippen molar-refractivity contribution < 1.29 is 5.21 Å². The summed E-state index contributed by atoms with van der Waals surface area (Å²) < 4.78 is 0. The van der Waals surface area contributed by atoms with E-state index in [-0.39, 0.29) is 0 Å². The fourth-order valence-corrected chi connectivity index (χ4v) is 1.64. The molecule has 0 saturated carbocycles. The Balaban J connectivity index is 2.60. The summed E-state index contributed by atoms with van der Waals surface area (Å²) in [4.78, 5) is 3.11. The highest BCUT2D eigenvalue weighted by atomic mass is 35.5. The molecule has 3 nitrogen and oxygen atoms in total. The van der Waals surface area contributed by atoms with E-state index in [4.69, 9.17) is 16.8 Å². The number of halogens is 1. The van der Waals surface area contributed by atoms with Crippen LogP contribution >= 0.6 is 11.6 Å². The Morgan fingerprint density at radius 3 is 2.85 bits per heavy atom. The van der Waals surface area contributed by atoms with Crippen molar-refractivity contribution in [2.24, 2.45) is 0 Å². The van der Waals surface area contributed by atoms with Crippen LogP contribution in [0.1, 0.15) is 5.69 Å². The van der Waals surface area contributed by atoms with Crippen molar-refractivity contribution in [3.8, 4) is 0 Å². The minimum atomic E-state index is 0.327. The van der Waals surface area contributed by atoms with Crippen LogP contribution in [0.15, 0.2) is 24.3 Å². The third-order valence-electron chi connectivity index (χ3n) is 1.97. The van der Waals surface area contributed by atoms with Gasteiger partial charge in [-0.15, -0.1) is 0 Å². The first-order valence-electron chi connectivity index (χ1n) is 3.95. The van der Waals surface area contributed by atoms with E-state index in [1.807, 2.05) is 24.3 Å². The Bertz CT molecular complexity index is 424. The van der Waals surface area contributed by atoms with Crippen molar-refractivity contribution in [3.63, 3.8) is 0 Å². The lowest BCUT2D eigenvalue weighted by Crippen LogP contribution is -2.06. The van der Waals surface area contributed by atoms with Gasteiger partial charge in [-0.1, -0.05) is 29.8 Å². The molecule has 0 radical (unpaired) electrons. The number of aromatic amines is 1. The number of hydrogen-bond donors (Lipinski definition) is 3. The molecular formula is C9H9ClN2O. The molecule has 0 atom stereocenters. The Kier molecular flexibility index (Phi) is 2.22. The first kappa shape index (κ1) is 8.56. The molecule has 0 amide bonds. The fourth-order valence-electron chi connectivity index (χ4n) is 1.36. The van der Waals surface area contributed by atoms with E-state index in [1.54, 1.807) is 0 Å². The van der Waals surface area contributed by atoms with Gasteiger partial charge >= 0.3 is 0 Å². The number of nitrogens with one attached hydrogen (secondary N) is 2. The quantitative estimate of drug-likeness (QED) is 0.646. The van der Waals surface area contributed by atoms with Crippen molar-refractivity contribution in [1.29, 1.82) is 0 Å². The fraction of sp³-hybridized carbons (Fsp3) is 0.111. The second-order valence-corrected chi connectivity index (χ2v) is 3.18. The van der Waals surface area contributed by atoms with Crippen LogP contribution in [0.3, 0.4) is 0 Å². The Morgan fingerprint density at radius 2 is 2.15 bits per heavy atom. The molecule has 1 aromatic heterocycles. The molecule has 1 aromatic carbocycles. The minimum absolute atomic E-state index is 0.327. The van der Waals surface area contributed by atoms with Crippen LogP contribution in [-0.2, 0) is 6.54 Å². The normalized spacial score (nSPS) is 10.9. The van der Waals surface area contributed by atoms with Crippen molar-refractivity contribution in [1.82, 2.24) is 10.5 Å². The number of para-hydroxylation sites is 1. The van der Waals surface area contributed by atoms with Crippen molar-refractivity contribution in [3.05, 3.63) is 35.0 Å². The zero-order chi connectivity index (χ0) is 9.26. The lowest BCUT2D eigenvalue weighted by molar-refractivity contribution is 0.160. The van der Waals surface area contributed by atoms with Crippen LogP contribution in [0.4, 0.5) is 0 Å². The molecule has 4 heteroatoms. The van der Waals surface area contributed by atoms with Crippen LogP contribution in [0.2, 0.25) is 5.02 Å². The maximum Gasteiger partial charge on any atom is 0.0706 e. The van der Waals surface area contributed by atoms with Crippen LogP contribution in [-0.4, -0.2) is 10.2 Å². The number of aromatic nitrogens is 1. The maximum atomic E-state index is 8.54. The average molecular weight is 197 g/mol.